The fourth-order valence-electron chi connectivity index (χ4n) is 5.25. The van der Waals surface area contributed by atoms with Gasteiger partial charge in [-0.3, -0.25) is 0 Å². The molecule has 228 valence electrons. The van der Waals surface area contributed by atoms with E-state index in [2.05, 4.69) is 0 Å². The summed E-state index contributed by atoms with van der Waals surface area (Å²) in [7, 11) is 0. The Morgan fingerprint density at radius 2 is 0.579 bits per heavy atom. The molecule has 0 heterocycles. The van der Waals surface area contributed by atoms with Crippen molar-refractivity contribution in [1.82, 2.24) is 0 Å². The van der Waals surface area contributed by atoms with E-state index < -0.39 is 89.9 Å². The average Bonchev–Trinajstić information content (AvgIpc) is 2.61. The summed E-state index contributed by atoms with van der Waals surface area (Å²) in [6, 6.07) is 0. The van der Waals surface area contributed by atoms with Gasteiger partial charge in [-0.15, -0.1) is 0 Å². The molecule has 1 aliphatic carbocycles. The molecule has 21 heteroatoms. The Kier molecular flexibility index (Phi) is 8.27. The van der Waals surface area contributed by atoms with Crippen molar-refractivity contribution in [3.8, 4) is 0 Å². The topological polar surface area (TPSA) is 60.7 Å². The maximum Gasteiger partial charge on any atom is 0.426 e. The summed E-state index contributed by atoms with van der Waals surface area (Å²) >= 11 is 0. The summed E-state index contributed by atoms with van der Waals surface area (Å²) in [4.78, 5) is 0. The summed E-state index contributed by atoms with van der Waals surface area (Å²) in [5.74, 6) is -20.2. The van der Waals surface area contributed by atoms with Crippen LogP contribution in [0, 0.1) is 29.6 Å². The molecule has 0 bridgehead atoms. The zero-order chi connectivity index (χ0) is 31.1. The molecule has 0 spiro atoms. The van der Waals surface area contributed by atoms with Crippen molar-refractivity contribution in [2.75, 3.05) is 0 Å². The second-order valence-corrected chi connectivity index (χ2v) is 8.98. The number of hydrogen-bond acceptors (Lipinski definition) is 3. The quantitative estimate of drug-likeness (QED) is 0.340. The first-order chi connectivity index (χ1) is 16.2. The predicted octanol–water partition coefficient (Wildman–Crippen LogP) is 6.08. The first-order valence-corrected chi connectivity index (χ1v) is 9.74. The van der Waals surface area contributed by atoms with E-state index in [4.69, 9.17) is 0 Å². The fourth-order valence-corrected chi connectivity index (χ4v) is 5.25. The van der Waals surface area contributed by atoms with Crippen LogP contribution in [-0.2, 0) is 0 Å². The molecule has 1 fully saturated rings. The lowest BCUT2D eigenvalue weighted by atomic mass is 9.51. The normalized spacial score (nSPS) is 28.0. The maximum atomic E-state index is 13.5. The van der Waals surface area contributed by atoms with Crippen LogP contribution in [0.5, 0.6) is 0 Å². The SMILES string of the molecule is CC1C(C(O)(C(F)(F)F)C(F)(F)F)CC(C(O)(C(F)(F)F)C(F)(F)F)C(C)C1C(O)(C(F)(F)F)C(F)(F)F. The van der Waals surface area contributed by atoms with Crippen LogP contribution in [0.15, 0.2) is 0 Å². The lowest BCUT2D eigenvalue weighted by molar-refractivity contribution is -0.433. The van der Waals surface area contributed by atoms with Gasteiger partial charge in [0.05, 0.1) is 0 Å². The number of aliphatic hydroxyl groups is 3. The second-order valence-electron chi connectivity index (χ2n) is 8.98. The first-order valence-electron chi connectivity index (χ1n) is 9.74. The molecular weight excluding hydrogens is 594 g/mol. The third kappa shape index (κ3) is 4.77. The maximum absolute atomic E-state index is 13.5. The van der Waals surface area contributed by atoms with Crippen LogP contribution < -0.4 is 0 Å². The van der Waals surface area contributed by atoms with Crippen molar-refractivity contribution < 1.29 is 94.3 Å². The highest BCUT2D eigenvalue weighted by molar-refractivity contribution is 5.15. The largest absolute Gasteiger partial charge is 0.426 e. The Morgan fingerprint density at radius 3 is 0.737 bits per heavy atom. The van der Waals surface area contributed by atoms with E-state index in [-0.39, 0.29) is 13.8 Å². The molecule has 0 aliphatic heterocycles. The molecule has 1 saturated carbocycles. The zero-order valence-corrected chi connectivity index (χ0v) is 18.2. The van der Waals surface area contributed by atoms with Crippen molar-refractivity contribution in [2.45, 2.75) is 74.1 Å². The monoisotopic (exact) mass is 610 g/mol. The number of rotatable bonds is 3. The van der Waals surface area contributed by atoms with Crippen LogP contribution in [0.2, 0.25) is 0 Å². The molecule has 38 heavy (non-hydrogen) atoms. The Labute approximate surface area is 199 Å². The Balaban J connectivity index is 4.32. The van der Waals surface area contributed by atoms with E-state index in [0.29, 0.717) is 0 Å². The molecule has 3 N–H and O–H groups in total. The van der Waals surface area contributed by atoms with Gasteiger partial charge >= 0.3 is 37.1 Å². The predicted molar refractivity (Wildman–Crippen MR) is 84.6 cm³/mol. The lowest BCUT2D eigenvalue weighted by Crippen LogP contribution is -2.74. The number of alkyl halides is 18. The van der Waals surface area contributed by atoms with Gasteiger partial charge in [0.2, 0.25) is 0 Å². The highest BCUT2D eigenvalue weighted by Crippen LogP contribution is 2.65. The summed E-state index contributed by atoms with van der Waals surface area (Å²) in [6.07, 6.45) is -45.8. The van der Waals surface area contributed by atoms with Gasteiger partial charge in [0.15, 0.2) is 0 Å². The minimum absolute atomic E-state index is 0.285. The highest BCUT2D eigenvalue weighted by Gasteiger charge is 2.84. The molecule has 0 aromatic rings. The molecule has 1 aliphatic rings. The number of halogens is 18. The fraction of sp³-hybridized carbons (Fsp3) is 1.00. The standard InChI is InChI=1S/C17H16F18O3/c1-4-6(9(36,12(18,19)20)13(21,22)23)3-7(10(37,14(24,25)26)15(27,28)29)5(2)8(4)11(38,16(30,31)32)17(33,34)35/h4-8,36-38H,3H2,1-2H3. The molecule has 1 rings (SSSR count). The van der Waals surface area contributed by atoms with E-state index in [0.717, 1.165) is 0 Å². The van der Waals surface area contributed by atoms with Gasteiger partial charge in [-0.1, -0.05) is 13.8 Å². The lowest BCUT2D eigenvalue weighted by Gasteiger charge is -2.57. The van der Waals surface area contributed by atoms with Crippen molar-refractivity contribution in [1.29, 1.82) is 0 Å². The summed E-state index contributed by atoms with van der Waals surface area (Å²) in [5.41, 5.74) is -19.5. The second kappa shape index (κ2) is 9.07. The molecule has 0 saturated heterocycles. The Morgan fingerprint density at radius 1 is 0.395 bits per heavy atom. The zero-order valence-electron chi connectivity index (χ0n) is 18.2. The van der Waals surface area contributed by atoms with Crippen molar-refractivity contribution >= 4 is 0 Å². The van der Waals surface area contributed by atoms with Crippen LogP contribution >= 0.6 is 0 Å². The van der Waals surface area contributed by atoms with Crippen molar-refractivity contribution in [2.24, 2.45) is 29.6 Å². The smallest absolute Gasteiger partial charge is 0.373 e. The first kappa shape index (κ1) is 34.6. The van der Waals surface area contributed by atoms with Crippen molar-refractivity contribution in [3.63, 3.8) is 0 Å². The molecule has 0 aromatic carbocycles. The Bertz CT molecular complexity index is 753. The van der Waals surface area contributed by atoms with Crippen LogP contribution in [0.3, 0.4) is 0 Å². The highest BCUT2D eigenvalue weighted by atomic mass is 19.4. The third-order valence-electron chi connectivity index (χ3n) is 7.06. The van der Waals surface area contributed by atoms with E-state index in [1.165, 1.54) is 0 Å². The molecule has 4 atom stereocenters. The molecule has 0 aromatic heterocycles. The summed E-state index contributed by atoms with van der Waals surface area (Å²) < 4.78 is 243. The molecule has 0 amide bonds. The van der Waals surface area contributed by atoms with Crippen molar-refractivity contribution in [3.05, 3.63) is 0 Å². The average molecular weight is 610 g/mol. The molecule has 3 nitrogen and oxygen atoms in total. The number of hydrogen-bond donors (Lipinski definition) is 3. The van der Waals surface area contributed by atoms with Gasteiger partial charge in [-0.05, 0) is 18.3 Å². The van der Waals surface area contributed by atoms with E-state index in [1.807, 2.05) is 0 Å². The third-order valence-corrected chi connectivity index (χ3v) is 7.06. The molecule has 0 radical (unpaired) electrons. The van der Waals surface area contributed by atoms with Gasteiger partial charge in [-0.25, -0.2) is 0 Å². The minimum Gasteiger partial charge on any atom is -0.373 e. The van der Waals surface area contributed by atoms with Crippen LogP contribution in [0.1, 0.15) is 20.3 Å². The summed E-state index contributed by atoms with van der Waals surface area (Å²) in [6.45, 7) is -0.569. The van der Waals surface area contributed by atoms with Crippen LogP contribution in [0.25, 0.3) is 0 Å². The van der Waals surface area contributed by atoms with Gasteiger partial charge < -0.3 is 15.3 Å². The Hall–Kier alpha value is -1.38. The van der Waals surface area contributed by atoms with E-state index >= 15 is 0 Å². The van der Waals surface area contributed by atoms with Gasteiger partial charge in [0.25, 0.3) is 16.8 Å². The van der Waals surface area contributed by atoms with Gasteiger partial charge in [-0.2, -0.15) is 79.0 Å². The van der Waals surface area contributed by atoms with Gasteiger partial charge in [0.1, 0.15) is 0 Å². The minimum atomic E-state index is -7.16. The van der Waals surface area contributed by atoms with Crippen LogP contribution in [-0.4, -0.2) is 69.2 Å². The van der Waals surface area contributed by atoms with Crippen LogP contribution in [0.4, 0.5) is 79.0 Å². The molecular formula is C17H16F18O3. The van der Waals surface area contributed by atoms with E-state index in [1.54, 1.807) is 0 Å². The van der Waals surface area contributed by atoms with E-state index in [9.17, 15) is 94.3 Å². The summed E-state index contributed by atoms with van der Waals surface area (Å²) in [5, 5.41) is 28.9. The van der Waals surface area contributed by atoms with Gasteiger partial charge in [0, 0.05) is 17.8 Å². The molecule has 4 unspecified atom stereocenters.